The van der Waals surface area contributed by atoms with Crippen LogP contribution in [0.2, 0.25) is 0 Å². The van der Waals surface area contributed by atoms with Gasteiger partial charge in [0.15, 0.2) is 0 Å². The Hall–Kier alpha value is -2.74. The zero-order valence-corrected chi connectivity index (χ0v) is 15.3. The highest BCUT2D eigenvalue weighted by atomic mass is 79.9. The molecule has 0 saturated carbocycles. The van der Waals surface area contributed by atoms with E-state index in [1.807, 2.05) is 0 Å². The summed E-state index contributed by atoms with van der Waals surface area (Å²) in [5.41, 5.74) is -0.446. The lowest BCUT2D eigenvalue weighted by atomic mass is 9.92. The first kappa shape index (κ1) is 18.1. The van der Waals surface area contributed by atoms with E-state index in [1.54, 1.807) is 31.2 Å². The summed E-state index contributed by atoms with van der Waals surface area (Å²) in [6, 6.07) is 11.7. The van der Waals surface area contributed by atoms with Crippen molar-refractivity contribution in [1.29, 1.82) is 0 Å². The number of amides is 4. The number of carbonyl (C=O) groups is 3. The lowest BCUT2D eigenvalue weighted by molar-refractivity contribution is -0.133. The molecule has 4 amide bonds. The monoisotopic (exact) mass is 419 g/mol. The van der Waals surface area contributed by atoms with Crippen molar-refractivity contribution >= 4 is 39.5 Å². The van der Waals surface area contributed by atoms with Gasteiger partial charge in [-0.2, -0.15) is 0 Å². The first-order valence-electron chi connectivity index (χ1n) is 7.76. The number of anilines is 1. The van der Waals surface area contributed by atoms with Gasteiger partial charge in [-0.3, -0.25) is 14.5 Å². The van der Waals surface area contributed by atoms with Crippen molar-refractivity contribution < 1.29 is 18.8 Å². The van der Waals surface area contributed by atoms with Crippen molar-refractivity contribution in [3.05, 3.63) is 64.4 Å². The van der Waals surface area contributed by atoms with Gasteiger partial charge in [0.1, 0.15) is 17.9 Å². The molecular formula is C18H15BrFN3O3. The summed E-state index contributed by atoms with van der Waals surface area (Å²) in [6.45, 7) is 1.11. The van der Waals surface area contributed by atoms with Crippen molar-refractivity contribution in [2.75, 3.05) is 11.9 Å². The maximum absolute atomic E-state index is 13.2. The maximum atomic E-state index is 13.2. The second kappa shape index (κ2) is 6.87. The lowest BCUT2D eigenvalue weighted by Crippen LogP contribution is -2.42. The average Bonchev–Trinajstić information content (AvgIpc) is 2.79. The predicted octanol–water partition coefficient (Wildman–Crippen LogP) is 2.99. The Balaban J connectivity index is 1.77. The lowest BCUT2D eigenvalue weighted by Gasteiger charge is -2.23. The molecule has 2 N–H and O–H groups in total. The fraction of sp³-hybridized carbons (Fsp3) is 0.167. The van der Waals surface area contributed by atoms with E-state index in [2.05, 4.69) is 26.6 Å². The van der Waals surface area contributed by atoms with E-state index < -0.39 is 35.7 Å². The smallest absolute Gasteiger partial charge is 0.324 e. The molecule has 26 heavy (non-hydrogen) atoms. The van der Waals surface area contributed by atoms with Crippen LogP contribution in [-0.4, -0.2) is 29.3 Å². The minimum absolute atomic E-state index is 0.246. The van der Waals surface area contributed by atoms with Crippen LogP contribution >= 0.6 is 15.9 Å². The molecule has 1 atom stereocenters. The van der Waals surface area contributed by atoms with E-state index in [4.69, 9.17) is 0 Å². The molecule has 0 aromatic heterocycles. The van der Waals surface area contributed by atoms with Gasteiger partial charge in [-0.05, 0) is 31.2 Å². The maximum Gasteiger partial charge on any atom is 0.325 e. The highest BCUT2D eigenvalue weighted by Crippen LogP contribution is 2.33. The first-order chi connectivity index (χ1) is 12.3. The highest BCUT2D eigenvalue weighted by molar-refractivity contribution is 9.10. The number of hydrogen-bond donors (Lipinski definition) is 2. The molecule has 8 heteroatoms. The van der Waals surface area contributed by atoms with Gasteiger partial charge in [0.05, 0.1) is 0 Å². The number of rotatable bonds is 4. The molecule has 0 aliphatic carbocycles. The Morgan fingerprint density at radius 2 is 1.96 bits per heavy atom. The fourth-order valence-electron chi connectivity index (χ4n) is 2.80. The third-order valence-electron chi connectivity index (χ3n) is 4.10. The third kappa shape index (κ3) is 3.32. The number of carbonyl (C=O) groups excluding carboxylic acids is 3. The molecule has 0 radical (unpaired) electrons. The Bertz CT molecular complexity index is 905. The van der Waals surface area contributed by atoms with Crippen molar-refractivity contribution in [2.45, 2.75) is 12.5 Å². The fourth-order valence-corrected chi connectivity index (χ4v) is 3.48. The summed E-state index contributed by atoms with van der Waals surface area (Å²) in [4.78, 5) is 38.1. The van der Waals surface area contributed by atoms with Crippen LogP contribution in [0.15, 0.2) is 53.0 Å². The Morgan fingerprint density at radius 3 is 2.65 bits per heavy atom. The summed E-state index contributed by atoms with van der Waals surface area (Å²) in [7, 11) is 0. The third-order valence-corrected chi connectivity index (χ3v) is 4.79. The molecule has 0 bridgehead atoms. The summed E-state index contributed by atoms with van der Waals surface area (Å²) in [5.74, 6) is -1.64. The van der Waals surface area contributed by atoms with Crippen LogP contribution in [0.1, 0.15) is 12.5 Å². The summed E-state index contributed by atoms with van der Waals surface area (Å²) >= 11 is 3.37. The van der Waals surface area contributed by atoms with Crippen molar-refractivity contribution in [3.8, 4) is 0 Å². The first-order valence-corrected chi connectivity index (χ1v) is 8.55. The Kier molecular flexibility index (Phi) is 4.78. The minimum atomic E-state index is -1.28. The van der Waals surface area contributed by atoms with Crippen LogP contribution in [0.25, 0.3) is 0 Å². The van der Waals surface area contributed by atoms with Crippen LogP contribution in [0.4, 0.5) is 14.9 Å². The average molecular weight is 420 g/mol. The molecule has 0 spiro atoms. The van der Waals surface area contributed by atoms with E-state index in [0.717, 1.165) is 11.0 Å². The molecule has 1 aliphatic heterocycles. The second-order valence-corrected chi connectivity index (χ2v) is 6.84. The number of nitrogens with zero attached hydrogens (tertiary/aromatic N) is 1. The standard InChI is InChI=1S/C18H15BrFN3O3/c1-18(13-7-2-3-8-14(13)19)16(25)23(17(26)22-18)10-15(24)21-12-6-4-5-11(20)9-12/h2-9H,10H2,1H3,(H,21,24)(H,22,26)/t18-/m0/s1. The van der Waals surface area contributed by atoms with E-state index >= 15 is 0 Å². The molecule has 1 fully saturated rings. The largest absolute Gasteiger partial charge is 0.325 e. The quantitative estimate of drug-likeness (QED) is 0.747. The number of hydrogen-bond acceptors (Lipinski definition) is 3. The van der Waals surface area contributed by atoms with Crippen molar-refractivity contribution in [2.24, 2.45) is 0 Å². The molecule has 1 aliphatic rings. The van der Waals surface area contributed by atoms with Crippen LogP contribution < -0.4 is 10.6 Å². The molecule has 2 aromatic rings. The zero-order valence-electron chi connectivity index (χ0n) is 13.8. The number of imide groups is 1. The number of urea groups is 1. The number of benzene rings is 2. The van der Waals surface area contributed by atoms with Gasteiger partial charge in [0, 0.05) is 15.7 Å². The summed E-state index contributed by atoms with van der Waals surface area (Å²) < 4.78 is 13.9. The van der Waals surface area contributed by atoms with Gasteiger partial charge in [-0.1, -0.05) is 40.2 Å². The summed E-state index contributed by atoms with van der Waals surface area (Å²) in [5, 5.41) is 5.10. The van der Waals surface area contributed by atoms with Crippen LogP contribution in [0.5, 0.6) is 0 Å². The molecule has 1 saturated heterocycles. The molecule has 2 aromatic carbocycles. The molecule has 1 heterocycles. The molecule has 0 unspecified atom stereocenters. The minimum Gasteiger partial charge on any atom is -0.324 e. The Morgan fingerprint density at radius 1 is 1.23 bits per heavy atom. The molecular weight excluding hydrogens is 405 g/mol. The predicted molar refractivity (Wildman–Crippen MR) is 96.8 cm³/mol. The van der Waals surface area contributed by atoms with Gasteiger partial charge in [-0.15, -0.1) is 0 Å². The van der Waals surface area contributed by atoms with E-state index in [9.17, 15) is 18.8 Å². The van der Waals surface area contributed by atoms with E-state index in [1.165, 1.54) is 18.2 Å². The molecule has 134 valence electrons. The van der Waals surface area contributed by atoms with E-state index in [0.29, 0.717) is 10.0 Å². The van der Waals surface area contributed by atoms with Crippen molar-refractivity contribution in [1.82, 2.24) is 10.2 Å². The van der Waals surface area contributed by atoms with Crippen LogP contribution in [-0.2, 0) is 15.1 Å². The van der Waals surface area contributed by atoms with Gasteiger partial charge in [-0.25, -0.2) is 9.18 Å². The number of halogens is 2. The molecule has 3 rings (SSSR count). The zero-order chi connectivity index (χ0) is 18.9. The van der Waals surface area contributed by atoms with Gasteiger partial charge in [0.2, 0.25) is 5.91 Å². The van der Waals surface area contributed by atoms with Crippen molar-refractivity contribution in [3.63, 3.8) is 0 Å². The Labute approximate surface area is 157 Å². The van der Waals surface area contributed by atoms with Crippen LogP contribution in [0.3, 0.4) is 0 Å². The van der Waals surface area contributed by atoms with Gasteiger partial charge < -0.3 is 10.6 Å². The van der Waals surface area contributed by atoms with Crippen LogP contribution in [0, 0.1) is 5.82 Å². The second-order valence-electron chi connectivity index (χ2n) is 5.98. The van der Waals surface area contributed by atoms with E-state index in [-0.39, 0.29) is 5.69 Å². The van der Waals surface area contributed by atoms with Gasteiger partial charge in [0.25, 0.3) is 5.91 Å². The topological polar surface area (TPSA) is 78.5 Å². The SMILES string of the molecule is C[C@@]1(c2ccccc2Br)NC(=O)N(CC(=O)Nc2cccc(F)c2)C1=O. The molecule has 6 nitrogen and oxygen atoms in total. The number of nitrogens with one attached hydrogen (secondary N) is 2. The highest BCUT2D eigenvalue weighted by Gasteiger charge is 2.50. The van der Waals surface area contributed by atoms with Gasteiger partial charge >= 0.3 is 6.03 Å². The normalized spacial score (nSPS) is 19.4. The summed E-state index contributed by atoms with van der Waals surface area (Å²) in [6.07, 6.45) is 0.